The number of urea groups is 1. The van der Waals surface area contributed by atoms with E-state index in [4.69, 9.17) is 23.2 Å². The molecule has 0 N–H and O–H groups in total. The van der Waals surface area contributed by atoms with Gasteiger partial charge >= 0.3 is 12.4 Å². The third-order valence-electron chi connectivity index (χ3n) is 5.50. The minimum atomic E-state index is -4.83. The van der Waals surface area contributed by atoms with Crippen LogP contribution in [0.2, 0.25) is 10.0 Å². The third-order valence-corrected chi connectivity index (χ3v) is 6.00. The molecule has 4 nitrogen and oxygen atoms in total. The van der Waals surface area contributed by atoms with Crippen molar-refractivity contribution in [1.82, 2.24) is 0 Å². The summed E-state index contributed by atoms with van der Waals surface area (Å²) in [5.74, 6) is -0.357. The maximum atomic E-state index is 13.8. The summed E-state index contributed by atoms with van der Waals surface area (Å²) >= 11 is 12.1. The zero-order chi connectivity index (χ0) is 24.0. The van der Waals surface area contributed by atoms with Crippen molar-refractivity contribution in [2.45, 2.75) is 31.8 Å². The van der Waals surface area contributed by atoms with Gasteiger partial charge in [-0.15, -0.1) is 13.2 Å². The lowest BCUT2D eigenvalue weighted by molar-refractivity contribution is -0.274. The maximum absolute atomic E-state index is 13.8. The van der Waals surface area contributed by atoms with Crippen molar-refractivity contribution in [3.63, 3.8) is 0 Å². The van der Waals surface area contributed by atoms with Gasteiger partial charge in [-0.1, -0.05) is 35.3 Å². The maximum Gasteiger partial charge on any atom is 0.573 e. The van der Waals surface area contributed by atoms with Gasteiger partial charge in [-0.3, -0.25) is 9.80 Å². The van der Waals surface area contributed by atoms with E-state index in [0.717, 1.165) is 0 Å². The van der Waals surface area contributed by atoms with Gasteiger partial charge in [0.25, 0.3) is 0 Å². The van der Waals surface area contributed by atoms with Crippen LogP contribution in [-0.2, 0) is 0 Å². The van der Waals surface area contributed by atoms with Gasteiger partial charge < -0.3 is 4.74 Å². The summed E-state index contributed by atoms with van der Waals surface area (Å²) in [4.78, 5) is 16.9. The fourth-order valence-electron chi connectivity index (χ4n) is 4.24. The molecule has 172 valence electrons. The summed E-state index contributed by atoms with van der Waals surface area (Å²) in [6.45, 7) is 3.72. The Kier molecular flexibility index (Phi) is 5.97. The highest BCUT2D eigenvalue weighted by atomic mass is 35.5. The van der Waals surface area contributed by atoms with E-state index in [1.165, 1.54) is 18.2 Å². The van der Waals surface area contributed by atoms with Gasteiger partial charge in [0.2, 0.25) is 0 Å². The summed E-state index contributed by atoms with van der Waals surface area (Å²) in [6.07, 6.45) is -4.83. The van der Waals surface area contributed by atoms with E-state index in [2.05, 4.69) is 4.74 Å². The Bertz CT molecular complexity index is 1170. The number of alkyl halides is 3. The molecule has 1 heterocycles. The van der Waals surface area contributed by atoms with Crippen LogP contribution in [0.1, 0.15) is 25.5 Å². The lowest BCUT2D eigenvalue weighted by Crippen LogP contribution is -2.43. The van der Waals surface area contributed by atoms with Crippen molar-refractivity contribution >= 4 is 40.6 Å². The molecular weight excluding hydrogens is 476 g/mol. The molecule has 2 amide bonds. The van der Waals surface area contributed by atoms with Crippen molar-refractivity contribution in [3.8, 4) is 5.75 Å². The molecule has 1 saturated heterocycles. The Labute approximate surface area is 199 Å². The second-order valence-electron chi connectivity index (χ2n) is 8.12. The second-order valence-corrected chi connectivity index (χ2v) is 8.99. The van der Waals surface area contributed by atoms with Crippen molar-refractivity contribution in [1.29, 1.82) is 0 Å². The number of hydrogen-bond acceptors (Lipinski definition) is 2. The van der Waals surface area contributed by atoms with E-state index in [1.807, 2.05) is 13.8 Å². The first-order valence-corrected chi connectivity index (χ1v) is 10.7. The predicted octanol–water partition coefficient (Wildman–Crippen LogP) is 7.86. The van der Waals surface area contributed by atoms with Gasteiger partial charge in [-0.25, -0.2) is 4.79 Å². The fourth-order valence-corrected chi connectivity index (χ4v) is 4.49. The van der Waals surface area contributed by atoms with Crippen LogP contribution in [-0.4, -0.2) is 17.9 Å². The average Bonchev–Trinajstić information content (AvgIpc) is 2.93. The highest BCUT2D eigenvalue weighted by Crippen LogP contribution is 2.48. The minimum Gasteiger partial charge on any atom is -0.406 e. The molecule has 33 heavy (non-hydrogen) atoms. The summed E-state index contributed by atoms with van der Waals surface area (Å²) in [7, 11) is 0. The van der Waals surface area contributed by atoms with E-state index in [-0.39, 0.29) is 11.8 Å². The molecule has 0 spiro atoms. The molecule has 9 heteroatoms. The number of amides is 2. The van der Waals surface area contributed by atoms with Gasteiger partial charge in [0.05, 0.1) is 11.6 Å². The van der Waals surface area contributed by atoms with Crippen molar-refractivity contribution in [2.24, 2.45) is 0 Å². The molecule has 0 saturated carbocycles. The normalized spacial score (nSPS) is 18.0. The molecule has 0 unspecified atom stereocenters. The zero-order valence-corrected chi connectivity index (χ0v) is 19.1. The molecule has 3 aromatic rings. The molecule has 1 fully saturated rings. The third kappa shape index (κ3) is 4.61. The van der Waals surface area contributed by atoms with Crippen LogP contribution in [0, 0.1) is 0 Å². The molecule has 0 aromatic heterocycles. The minimum absolute atomic E-state index is 0.336. The highest BCUT2D eigenvalue weighted by Gasteiger charge is 2.53. The molecule has 1 atom stereocenters. The smallest absolute Gasteiger partial charge is 0.406 e. The van der Waals surface area contributed by atoms with E-state index in [9.17, 15) is 18.0 Å². The first-order valence-electron chi connectivity index (χ1n) is 9.97. The molecular formula is C24H19Cl2F3N2O2. The number of carbonyl (C=O) groups excluding carboxylic acids is 1. The largest absolute Gasteiger partial charge is 0.573 e. The SMILES string of the molecule is CC1(C)[C@H](c2cccc(OC(F)(F)F)c2)N(c2ccc(Cl)cc2)C(=O)N1c1ccc(Cl)cc1. The standard InChI is InChI=1S/C24H19Cl2F3N2O2/c1-23(2)21(15-4-3-5-20(14-15)33-24(27,28)29)30(18-10-6-16(25)7-11-18)22(32)31(23)19-12-8-17(26)9-13-19/h3-14,21H,1-2H3/t21-/m0/s1. The quantitative estimate of drug-likeness (QED) is 0.369. The van der Waals surface area contributed by atoms with Crippen LogP contribution < -0.4 is 14.5 Å². The number of ether oxygens (including phenoxy) is 1. The van der Waals surface area contributed by atoms with Crippen molar-refractivity contribution in [3.05, 3.63) is 88.4 Å². The van der Waals surface area contributed by atoms with Gasteiger partial charge in [0.15, 0.2) is 0 Å². The number of nitrogens with zero attached hydrogens (tertiary/aromatic N) is 2. The summed E-state index contributed by atoms with van der Waals surface area (Å²) in [6, 6.07) is 18.2. The predicted molar refractivity (Wildman–Crippen MR) is 123 cm³/mol. The average molecular weight is 495 g/mol. The monoisotopic (exact) mass is 494 g/mol. The van der Waals surface area contributed by atoms with Crippen molar-refractivity contribution < 1.29 is 22.7 Å². The number of benzene rings is 3. The number of rotatable bonds is 4. The van der Waals surface area contributed by atoms with Crippen LogP contribution in [0.5, 0.6) is 5.75 Å². The van der Waals surface area contributed by atoms with Gasteiger partial charge in [0, 0.05) is 21.4 Å². The van der Waals surface area contributed by atoms with E-state index in [0.29, 0.717) is 27.0 Å². The molecule has 0 bridgehead atoms. The molecule has 1 aliphatic rings. The molecule has 4 rings (SSSR count). The lowest BCUT2D eigenvalue weighted by atomic mass is 9.87. The summed E-state index contributed by atoms with van der Waals surface area (Å²) in [5.41, 5.74) is 0.794. The lowest BCUT2D eigenvalue weighted by Gasteiger charge is -2.35. The highest BCUT2D eigenvalue weighted by molar-refractivity contribution is 6.31. The number of halogens is 5. The Morgan fingerprint density at radius 3 is 1.97 bits per heavy atom. The Balaban J connectivity index is 1.86. The Morgan fingerprint density at radius 1 is 0.879 bits per heavy atom. The molecule has 0 radical (unpaired) electrons. The number of hydrogen-bond donors (Lipinski definition) is 0. The molecule has 1 aliphatic heterocycles. The molecule has 3 aromatic carbocycles. The van der Waals surface area contributed by atoms with Gasteiger partial charge in [-0.05, 0) is 80.1 Å². The Morgan fingerprint density at radius 2 is 1.42 bits per heavy atom. The van der Waals surface area contributed by atoms with E-state index >= 15 is 0 Å². The van der Waals surface area contributed by atoms with Crippen molar-refractivity contribution in [2.75, 3.05) is 9.80 Å². The summed E-state index contributed by atoms with van der Waals surface area (Å²) in [5, 5.41) is 1.02. The van der Waals surface area contributed by atoms with Crippen LogP contribution in [0.3, 0.4) is 0 Å². The van der Waals surface area contributed by atoms with Gasteiger partial charge in [-0.2, -0.15) is 0 Å². The fraction of sp³-hybridized carbons (Fsp3) is 0.208. The van der Waals surface area contributed by atoms with Crippen LogP contribution >= 0.6 is 23.2 Å². The number of carbonyl (C=O) groups is 1. The zero-order valence-electron chi connectivity index (χ0n) is 17.6. The van der Waals surface area contributed by atoms with E-state index in [1.54, 1.807) is 64.4 Å². The molecule has 0 aliphatic carbocycles. The van der Waals surface area contributed by atoms with Gasteiger partial charge in [0.1, 0.15) is 5.75 Å². The summed E-state index contributed by atoms with van der Waals surface area (Å²) < 4.78 is 42.7. The first-order chi connectivity index (χ1) is 15.5. The van der Waals surface area contributed by atoms with Crippen LogP contribution in [0.25, 0.3) is 0 Å². The van der Waals surface area contributed by atoms with Crippen LogP contribution in [0.4, 0.5) is 29.3 Å². The number of anilines is 2. The topological polar surface area (TPSA) is 32.8 Å². The second kappa shape index (κ2) is 8.47. The first kappa shape index (κ1) is 23.3. The Hall–Kier alpha value is -2.90. The van der Waals surface area contributed by atoms with E-state index < -0.39 is 17.9 Å². The van der Waals surface area contributed by atoms with Crippen LogP contribution in [0.15, 0.2) is 72.8 Å².